The van der Waals surface area contributed by atoms with Crippen LogP contribution >= 0.6 is 12.2 Å². The molecule has 1 aromatic heterocycles. The minimum atomic E-state index is 0.615. The van der Waals surface area contributed by atoms with Gasteiger partial charge in [-0.2, -0.15) is 0 Å². The van der Waals surface area contributed by atoms with Crippen LogP contribution in [0, 0.1) is 0 Å². The molecule has 3 rings (SSSR count). The van der Waals surface area contributed by atoms with Gasteiger partial charge < -0.3 is 29.7 Å². The Morgan fingerprint density at radius 3 is 2.33 bits per heavy atom. The van der Waals surface area contributed by atoms with Gasteiger partial charge in [0.15, 0.2) is 16.6 Å². The molecule has 0 amide bonds. The number of benzene rings is 2. The number of hydrogen-bond donors (Lipinski definition) is 2. The molecular formula is C25H32N4O3S. The summed E-state index contributed by atoms with van der Waals surface area (Å²) < 4.78 is 16.9. The number of fused-ring (bicyclic) bond motifs is 1. The molecule has 0 aliphatic heterocycles. The van der Waals surface area contributed by atoms with E-state index < -0.39 is 0 Å². The van der Waals surface area contributed by atoms with Gasteiger partial charge in [-0.15, -0.1) is 0 Å². The Kier molecular flexibility index (Phi) is 9.09. The van der Waals surface area contributed by atoms with E-state index >= 15 is 0 Å². The Bertz CT molecular complexity index is 1060. The van der Waals surface area contributed by atoms with Crippen LogP contribution in [-0.4, -0.2) is 55.4 Å². The van der Waals surface area contributed by atoms with E-state index in [2.05, 4.69) is 34.4 Å². The number of thiocarbonyl (C=S) groups is 1. The summed E-state index contributed by atoms with van der Waals surface area (Å²) in [5, 5.41) is 7.94. The number of anilines is 1. The molecule has 0 aliphatic carbocycles. The van der Waals surface area contributed by atoms with Crippen LogP contribution in [0.2, 0.25) is 0 Å². The molecular weight excluding hydrogens is 436 g/mol. The van der Waals surface area contributed by atoms with Crippen molar-refractivity contribution in [1.82, 2.24) is 15.2 Å². The molecule has 0 spiro atoms. The van der Waals surface area contributed by atoms with E-state index in [1.54, 1.807) is 20.4 Å². The van der Waals surface area contributed by atoms with Gasteiger partial charge in [-0.25, -0.2) is 0 Å². The monoisotopic (exact) mass is 468 g/mol. The van der Waals surface area contributed by atoms with Crippen molar-refractivity contribution >= 4 is 33.9 Å². The van der Waals surface area contributed by atoms with Gasteiger partial charge in [-0.1, -0.05) is 13.8 Å². The molecule has 7 nitrogen and oxygen atoms in total. The Labute approximate surface area is 201 Å². The third kappa shape index (κ3) is 6.69. The normalized spacial score (nSPS) is 10.8. The summed E-state index contributed by atoms with van der Waals surface area (Å²) in [7, 11) is 3.21. The van der Waals surface area contributed by atoms with Crippen LogP contribution in [0.25, 0.3) is 10.9 Å². The van der Waals surface area contributed by atoms with E-state index in [4.69, 9.17) is 26.4 Å². The molecule has 0 aliphatic rings. The van der Waals surface area contributed by atoms with E-state index in [1.165, 1.54) is 0 Å². The van der Waals surface area contributed by atoms with Crippen LogP contribution < -0.4 is 24.8 Å². The molecule has 0 bridgehead atoms. The molecule has 176 valence electrons. The Hall–Kier alpha value is -3.10. The highest BCUT2D eigenvalue weighted by Crippen LogP contribution is 2.36. The van der Waals surface area contributed by atoms with Gasteiger partial charge in [0.1, 0.15) is 11.5 Å². The summed E-state index contributed by atoms with van der Waals surface area (Å²) in [4.78, 5) is 6.81. The van der Waals surface area contributed by atoms with Crippen molar-refractivity contribution in [2.75, 3.05) is 45.7 Å². The van der Waals surface area contributed by atoms with E-state index in [0.717, 1.165) is 49.2 Å². The Balaban J connectivity index is 1.59. The van der Waals surface area contributed by atoms with Crippen molar-refractivity contribution in [2.45, 2.75) is 20.3 Å². The zero-order chi connectivity index (χ0) is 23.6. The molecule has 8 heteroatoms. The summed E-state index contributed by atoms with van der Waals surface area (Å²) in [6.45, 7) is 8.42. The summed E-state index contributed by atoms with van der Waals surface area (Å²) in [5.74, 6) is 2.65. The fraction of sp³-hybridized carbons (Fsp3) is 0.360. The van der Waals surface area contributed by atoms with Crippen molar-refractivity contribution in [2.24, 2.45) is 0 Å². The number of nitrogens with zero attached hydrogens (tertiary/aromatic N) is 2. The van der Waals surface area contributed by atoms with Gasteiger partial charge in [0.25, 0.3) is 0 Å². The minimum Gasteiger partial charge on any atom is -0.493 e. The first-order valence-electron chi connectivity index (χ1n) is 11.1. The number of nitrogens with one attached hydrogen (secondary N) is 2. The molecule has 2 N–H and O–H groups in total. The second-order valence-electron chi connectivity index (χ2n) is 7.42. The highest BCUT2D eigenvalue weighted by molar-refractivity contribution is 7.80. The second kappa shape index (κ2) is 12.2. The van der Waals surface area contributed by atoms with Gasteiger partial charge in [-0.3, -0.25) is 4.98 Å². The quantitative estimate of drug-likeness (QED) is 0.299. The summed E-state index contributed by atoms with van der Waals surface area (Å²) in [6, 6.07) is 13.2. The van der Waals surface area contributed by atoms with Crippen LogP contribution in [0.15, 0.2) is 48.7 Å². The van der Waals surface area contributed by atoms with E-state index in [9.17, 15) is 0 Å². The SMILES string of the molecule is CCN(CC)CCCNC(=S)Nc1ccc(Oc2ccnc3cc(OC)c(OC)cc23)cc1. The van der Waals surface area contributed by atoms with Crippen molar-refractivity contribution in [3.05, 3.63) is 48.7 Å². The van der Waals surface area contributed by atoms with E-state index in [-0.39, 0.29) is 0 Å². The van der Waals surface area contributed by atoms with Gasteiger partial charge in [0.2, 0.25) is 0 Å². The average Bonchev–Trinajstić information content (AvgIpc) is 2.84. The van der Waals surface area contributed by atoms with Crippen LogP contribution in [0.5, 0.6) is 23.0 Å². The lowest BCUT2D eigenvalue weighted by atomic mass is 10.2. The molecule has 0 saturated heterocycles. The van der Waals surface area contributed by atoms with Gasteiger partial charge in [0, 0.05) is 29.9 Å². The Morgan fingerprint density at radius 1 is 0.970 bits per heavy atom. The number of ether oxygens (including phenoxy) is 3. The summed E-state index contributed by atoms with van der Waals surface area (Å²) in [6.07, 6.45) is 2.76. The van der Waals surface area contributed by atoms with Crippen molar-refractivity contribution in [3.8, 4) is 23.0 Å². The molecule has 0 atom stereocenters. The van der Waals surface area contributed by atoms with Crippen molar-refractivity contribution in [3.63, 3.8) is 0 Å². The first-order valence-corrected chi connectivity index (χ1v) is 11.5. The number of hydrogen-bond acceptors (Lipinski definition) is 6. The van der Waals surface area contributed by atoms with Crippen LogP contribution in [-0.2, 0) is 0 Å². The molecule has 0 saturated carbocycles. The van der Waals surface area contributed by atoms with Crippen LogP contribution in [0.4, 0.5) is 5.69 Å². The topological polar surface area (TPSA) is 67.9 Å². The lowest BCUT2D eigenvalue weighted by Gasteiger charge is -2.18. The molecule has 1 heterocycles. The van der Waals surface area contributed by atoms with Crippen LogP contribution in [0.1, 0.15) is 20.3 Å². The van der Waals surface area contributed by atoms with Gasteiger partial charge in [0.05, 0.1) is 19.7 Å². The maximum atomic E-state index is 6.13. The zero-order valence-electron chi connectivity index (χ0n) is 19.7. The lowest BCUT2D eigenvalue weighted by Crippen LogP contribution is -2.32. The number of rotatable bonds is 11. The van der Waals surface area contributed by atoms with Crippen molar-refractivity contribution < 1.29 is 14.2 Å². The highest BCUT2D eigenvalue weighted by atomic mass is 32.1. The summed E-state index contributed by atoms with van der Waals surface area (Å²) in [5.41, 5.74) is 1.66. The molecule has 0 fully saturated rings. The predicted octanol–water partition coefficient (Wildman–Crippen LogP) is 5.06. The standard InChI is InChI=1S/C25H32N4O3S/c1-5-29(6-2)15-7-13-27-25(33)28-18-8-10-19(11-9-18)32-22-12-14-26-21-17-24(31-4)23(30-3)16-20(21)22/h8-12,14,16-17H,5-7,13,15H2,1-4H3,(H2,27,28,33). The number of methoxy groups -OCH3 is 2. The third-order valence-electron chi connectivity index (χ3n) is 5.38. The number of aromatic nitrogens is 1. The average molecular weight is 469 g/mol. The maximum Gasteiger partial charge on any atom is 0.170 e. The van der Waals surface area contributed by atoms with E-state index in [0.29, 0.717) is 28.1 Å². The Morgan fingerprint density at radius 2 is 1.67 bits per heavy atom. The third-order valence-corrected chi connectivity index (χ3v) is 5.62. The second-order valence-corrected chi connectivity index (χ2v) is 7.83. The molecule has 3 aromatic rings. The molecule has 0 radical (unpaired) electrons. The largest absolute Gasteiger partial charge is 0.493 e. The van der Waals surface area contributed by atoms with Gasteiger partial charge >= 0.3 is 0 Å². The van der Waals surface area contributed by atoms with E-state index in [1.807, 2.05) is 42.5 Å². The fourth-order valence-electron chi connectivity index (χ4n) is 3.49. The van der Waals surface area contributed by atoms with Crippen molar-refractivity contribution in [1.29, 1.82) is 0 Å². The summed E-state index contributed by atoms with van der Waals surface area (Å²) >= 11 is 5.41. The highest BCUT2D eigenvalue weighted by Gasteiger charge is 2.11. The fourth-order valence-corrected chi connectivity index (χ4v) is 3.71. The smallest absolute Gasteiger partial charge is 0.170 e. The van der Waals surface area contributed by atoms with Gasteiger partial charge in [-0.05, 0) is 74.7 Å². The number of pyridine rings is 1. The molecule has 33 heavy (non-hydrogen) atoms. The molecule has 0 unspecified atom stereocenters. The first kappa shape index (κ1) is 24.5. The first-order chi connectivity index (χ1) is 16.1. The lowest BCUT2D eigenvalue weighted by molar-refractivity contribution is 0.300. The van der Waals surface area contributed by atoms with Crippen LogP contribution in [0.3, 0.4) is 0 Å². The minimum absolute atomic E-state index is 0.615. The predicted molar refractivity (Wildman–Crippen MR) is 138 cm³/mol. The molecule has 2 aromatic carbocycles. The maximum absolute atomic E-state index is 6.13. The zero-order valence-corrected chi connectivity index (χ0v) is 20.5.